The summed E-state index contributed by atoms with van der Waals surface area (Å²) in [6.45, 7) is 0.938. The van der Waals surface area contributed by atoms with Crippen molar-refractivity contribution < 1.29 is 8.78 Å². The van der Waals surface area contributed by atoms with Crippen LogP contribution in [0.3, 0.4) is 0 Å². The van der Waals surface area contributed by atoms with Crippen LogP contribution < -0.4 is 5.32 Å². The largest absolute Gasteiger partial charge is 0.372 e. The smallest absolute Gasteiger partial charge is 0.249 e. The summed E-state index contributed by atoms with van der Waals surface area (Å²) in [4.78, 5) is 0. The lowest BCUT2D eigenvalue weighted by Crippen LogP contribution is -2.13. The van der Waals surface area contributed by atoms with Crippen molar-refractivity contribution >= 4 is 5.82 Å². The van der Waals surface area contributed by atoms with Crippen LogP contribution in [-0.4, -0.2) is 22.8 Å². The first-order valence-corrected chi connectivity index (χ1v) is 7.77. The van der Waals surface area contributed by atoms with Gasteiger partial charge in [0.15, 0.2) is 0 Å². The zero-order valence-corrected chi connectivity index (χ0v) is 13.6. The fourth-order valence-electron chi connectivity index (χ4n) is 2.67. The van der Waals surface area contributed by atoms with Gasteiger partial charge in [0, 0.05) is 25.1 Å². The number of para-hydroxylation sites is 1. The van der Waals surface area contributed by atoms with Crippen molar-refractivity contribution in [3.8, 4) is 16.9 Å². The number of rotatable bonds is 5. The molecule has 124 valence electrons. The molecule has 1 aromatic heterocycles. The molecule has 5 heteroatoms. The van der Waals surface area contributed by atoms with E-state index in [-0.39, 0.29) is 6.42 Å². The van der Waals surface area contributed by atoms with Crippen LogP contribution in [0.15, 0.2) is 60.7 Å². The van der Waals surface area contributed by atoms with E-state index in [0.717, 1.165) is 29.7 Å². The minimum absolute atomic E-state index is 0.279. The average Bonchev–Trinajstić information content (AvgIpc) is 2.99. The lowest BCUT2D eigenvalue weighted by Gasteiger charge is -2.12. The van der Waals surface area contributed by atoms with Gasteiger partial charge in [-0.1, -0.05) is 36.4 Å². The molecule has 1 heterocycles. The summed E-state index contributed by atoms with van der Waals surface area (Å²) in [5.74, 6) is -2.01. The first-order valence-electron chi connectivity index (χ1n) is 7.77. The molecule has 2 aromatic carbocycles. The Morgan fingerprint density at radius 1 is 1.04 bits per heavy atom. The zero-order valence-electron chi connectivity index (χ0n) is 13.6. The Labute approximate surface area is 139 Å². The van der Waals surface area contributed by atoms with Crippen molar-refractivity contribution in [1.82, 2.24) is 9.78 Å². The maximum absolute atomic E-state index is 13.3. The molecular formula is C19H19F2N3. The lowest BCUT2D eigenvalue weighted by molar-refractivity contribution is 0.0226. The fourth-order valence-corrected chi connectivity index (χ4v) is 2.67. The zero-order chi connectivity index (χ0) is 17.2. The number of aromatic nitrogens is 2. The van der Waals surface area contributed by atoms with Crippen LogP contribution in [0, 0.1) is 0 Å². The van der Waals surface area contributed by atoms with Gasteiger partial charge in [0.05, 0.1) is 11.4 Å². The molecule has 0 fully saturated rings. The second kappa shape index (κ2) is 6.43. The van der Waals surface area contributed by atoms with Crippen LogP contribution in [0.1, 0.15) is 12.5 Å². The molecule has 0 saturated carbocycles. The highest BCUT2D eigenvalue weighted by Crippen LogP contribution is 2.28. The fraction of sp³-hybridized carbons (Fsp3) is 0.211. The topological polar surface area (TPSA) is 29.9 Å². The first kappa shape index (κ1) is 16.2. The summed E-state index contributed by atoms with van der Waals surface area (Å²) in [5, 5.41) is 7.57. The van der Waals surface area contributed by atoms with Gasteiger partial charge >= 0.3 is 0 Å². The number of nitrogens with one attached hydrogen (secondary N) is 1. The van der Waals surface area contributed by atoms with Gasteiger partial charge in [0.25, 0.3) is 0 Å². The minimum Gasteiger partial charge on any atom is -0.372 e. The minimum atomic E-state index is -2.73. The van der Waals surface area contributed by atoms with E-state index in [4.69, 9.17) is 0 Å². The number of hydrogen-bond donors (Lipinski definition) is 1. The molecule has 0 unspecified atom stereocenters. The second-order valence-electron chi connectivity index (χ2n) is 5.86. The number of anilines is 1. The van der Waals surface area contributed by atoms with Crippen molar-refractivity contribution in [2.75, 3.05) is 12.4 Å². The molecule has 0 bridgehead atoms. The van der Waals surface area contributed by atoms with Gasteiger partial charge in [0.1, 0.15) is 5.82 Å². The Morgan fingerprint density at radius 2 is 1.79 bits per heavy atom. The Hall–Kier alpha value is -2.69. The lowest BCUT2D eigenvalue weighted by atomic mass is 10.0. The number of benzene rings is 2. The van der Waals surface area contributed by atoms with Crippen molar-refractivity contribution in [2.24, 2.45) is 0 Å². The number of halogens is 2. The van der Waals surface area contributed by atoms with E-state index in [1.54, 1.807) is 25.2 Å². The van der Waals surface area contributed by atoms with E-state index in [9.17, 15) is 8.78 Å². The summed E-state index contributed by atoms with van der Waals surface area (Å²) < 4.78 is 28.4. The van der Waals surface area contributed by atoms with Crippen LogP contribution >= 0.6 is 0 Å². The summed E-state index contributed by atoms with van der Waals surface area (Å²) in [5.41, 5.74) is 3.23. The van der Waals surface area contributed by atoms with E-state index in [0.29, 0.717) is 5.56 Å². The van der Waals surface area contributed by atoms with E-state index >= 15 is 0 Å². The normalized spacial score (nSPS) is 11.5. The van der Waals surface area contributed by atoms with E-state index in [1.807, 2.05) is 47.1 Å². The van der Waals surface area contributed by atoms with Gasteiger partial charge in [-0.2, -0.15) is 0 Å². The van der Waals surface area contributed by atoms with Gasteiger partial charge in [-0.05, 0) is 30.7 Å². The van der Waals surface area contributed by atoms with Gasteiger partial charge in [-0.15, -0.1) is 5.10 Å². The predicted molar refractivity (Wildman–Crippen MR) is 92.9 cm³/mol. The number of hydrogen-bond acceptors (Lipinski definition) is 2. The molecule has 3 nitrogen and oxygen atoms in total. The number of nitrogens with zero attached hydrogens (tertiary/aromatic N) is 2. The van der Waals surface area contributed by atoms with E-state index < -0.39 is 5.92 Å². The molecule has 0 aliphatic carbocycles. The maximum Gasteiger partial charge on any atom is 0.249 e. The third-order valence-electron chi connectivity index (χ3n) is 3.70. The SMILES string of the molecule is CNc1cc(-c2cccc(CC(C)(F)F)c2)n(-c2ccccc2)n1. The monoisotopic (exact) mass is 327 g/mol. The molecule has 0 aliphatic rings. The van der Waals surface area contributed by atoms with Gasteiger partial charge in [-0.25, -0.2) is 13.5 Å². The van der Waals surface area contributed by atoms with Gasteiger partial charge < -0.3 is 5.32 Å². The Morgan fingerprint density at radius 3 is 2.46 bits per heavy atom. The highest BCUT2D eigenvalue weighted by molar-refractivity contribution is 5.66. The van der Waals surface area contributed by atoms with Crippen molar-refractivity contribution in [1.29, 1.82) is 0 Å². The molecule has 24 heavy (non-hydrogen) atoms. The molecule has 0 saturated heterocycles. The highest BCUT2D eigenvalue weighted by atomic mass is 19.3. The molecule has 3 rings (SSSR count). The van der Waals surface area contributed by atoms with Crippen LogP contribution in [0.5, 0.6) is 0 Å². The molecule has 0 aliphatic heterocycles. The Bertz CT molecular complexity index is 820. The van der Waals surface area contributed by atoms with E-state index in [2.05, 4.69) is 10.4 Å². The van der Waals surface area contributed by atoms with Crippen molar-refractivity contribution in [3.05, 3.63) is 66.2 Å². The second-order valence-corrected chi connectivity index (χ2v) is 5.86. The first-order chi connectivity index (χ1) is 11.5. The number of alkyl halides is 2. The third-order valence-corrected chi connectivity index (χ3v) is 3.70. The quantitative estimate of drug-likeness (QED) is 0.731. The van der Waals surface area contributed by atoms with Gasteiger partial charge in [0.2, 0.25) is 5.92 Å². The average molecular weight is 327 g/mol. The predicted octanol–water partition coefficient (Wildman–Crippen LogP) is 4.78. The summed E-state index contributed by atoms with van der Waals surface area (Å²) >= 11 is 0. The molecule has 0 amide bonds. The molecule has 3 aromatic rings. The molecular weight excluding hydrogens is 308 g/mol. The summed E-state index contributed by atoms with van der Waals surface area (Å²) in [6.07, 6.45) is -0.279. The Kier molecular flexibility index (Phi) is 4.34. The molecule has 1 N–H and O–H groups in total. The molecule has 0 atom stereocenters. The Balaban J connectivity index is 2.06. The van der Waals surface area contributed by atoms with Crippen molar-refractivity contribution in [2.45, 2.75) is 19.3 Å². The highest BCUT2D eigenvalue weighted by Gasteiger charge is 2.22. The van der Waals surface area contributed by atoms with Crippen LogP contribution in [0.4, 0.5) is 14.6 Å². The summed E-state index contributed by atoms with van der Waals surface area (Å²) in [7, 11) is 1.80. The van der Waals surface area contributed by atoms with E-state index in [1.165, 1.54) is 0 Å². The van der Waals surface area contributed by atoms with Crippen LogP contribution in [-0.2, 0) is 6.42 Å². The third kappa shape index (κ3) is 3.62. The standard InChI is InChI=1S/C19H19F2N3/c1-19(20,21)13-14-7-6-8-15(11-14)17-12-18(22-2)23-24(17)16-9-4-3-5-10-16/h3-12H,13H2,1-2H3,(H,22,23). The molecule has 0 radical (unpaired) electrons. The van der Waals surface area contributed by atoms with Crippen LogP contribution in [0.25, 0.3) is 16.9 Å². The molecule has 0 spiro atoms. The maximum atomic E-state index is 13.3. The van der Waals surface area contributed by atoms with Crippen molar-refractivity contribution in [3.63, 3.8) is 0 Å². The summed E-state index contributed by atoms with van der Waals surface area (Å²) in [6, 6.07) is 18.9. The van der Waals surface area contributed by atoms with Crippen LogP contribution in [0.2, 0.25) is 0 Å². The van der Waals surface area contributed by atoms with Gasteiger partial charge in [-0.3, -0.25) is 0 Å².